The summed E-state index contributed by atoms with van der Waals surface area (Å²) >= 11 is 2.28. The van der Waals surface area contributed by atoms with Crippen LogP contribution in [0.4, 0.5) is 0 Å². The van der Waals surface area contributed by atoms with Crippen LogP contribution in [0.1, 0.15) is 6.42 Å². The van der Waals surface area contributed by atoms with Gasteiger partial charge < -0.3 is 4.74 Å². The molecule has 0 N–H and O–H groups in total. The van der Waals surface area contributed by atoms with Crippen LogP contribution in [-0.2, 0) is 0 Å². The number of hydrogen-bond acceptors (Lipinski definition) is 1. The van der Waals surface area contributed by atoms with E-state index < -0.39 is 0 Å². The number of rotatable bonds is 4. The minimum absolute atomic E-state index is 0.782. The van der Waals surface area contributed by atoms with Crippen molar-refractivity contribution in [2.45, 2.75) is 12.5 Å². The van der Waals surface area contributed by atoms with Gasteiger partial charge >= 0.3 is 0 Å². The zero-order valence-corrected chi connectivity index (χ0v) is 9.87. The van der Waals surface area contributed by atoms with Gasteiger partial charge in [0.1, 0.15) is 5.75 Å². The van der Waals surface area contributed by atoms with Gasteiger partial charge in [-0.2, -0.15) is 0 Å². The number of ether oxygens (including phenoxy) is 1. The van der Waals surface area contributed by atoms with Crippen LogP contribution >= 0.6 is 22.6 Å². The van der Waals surface area contributed by atoms with Crippen molar-refractivity contribution in [3.05, 3.63) is 27.8 Å². The Balaban J connectivity index is 2.37. The van der Waals surface area contributed by atoms with Gasteiger partial charge in [-0.15, -0.1) is 0 Å². The maximum absolute atomic E-state index is 5.47. The molecule has 1 rings (SSSR count). The highest BCUT2D eigenvalue weighted by atomic mass is 127. The first-order valence-corrected chi connectivity index (χ1v) is 5.64. The van der Waals surface area contributed by atoms with E-state index in [2.05, 4.69) is 32.8 Å². The molecule has 0 fully saturated rings. The Bertz CT molecular complexity index is 222. The van der Waals surface area contributed by atoms with E-state index in [0.29, 0.717) is 0 Å². The molecule has 0 heterocycles. The predicted octanol–water partition coefficient (Wildman–Crippen LogP) is 2.65. The SMILES string of the molecule is [Si]CCCOc1ccc(I)cc1. The molecule has 3 radical (unpaired) electrons. The van der Waals surface area contributed by atoms with Gasteiger partial charge in [-0.25, -0.2) is 0 Å². The summed E-state index contributed by atoms with van der Waals surface area (Å²) in [7, 11) is 3.40. The Kier molecular flexibility index (Phi) is 4.68. The van der Waals surface area contributed by atoms with Crippen molar-refractivity contribution in [2.24, 2.45) is 0 Å². The fourth-order valence-corrected chi connectivity index (χ4v) is 1.30. The first kappa shape index (κ1) is 10.1. The Morgan fingerprint density at radius 1 is 1.25 bits per heavy atom. The molecule has 0 saturated carbocycles. The zero-order valence-electron chi connectivity index (χ0n) is 6.72. The van der Waals surface area contributed by atoms with Gasteiger partial charge in [-0.05, 0) is 53.3 Å². The molecule has 0 amide bonds. The molecule has 0 aliphatic carbocycles. The maximum Gasteiger partial charge on any atom is 0.119 e. The summed E-state index contributed by atoms with van der Waals surface area (Å²) in [6.45, 7) is 0.782. The van der Waals surface area contributed by atoms with Gasteiger partial charge in [0, 0.05) is 13.8 Å². The van der Waals surface area contributed by atoms with Crippen molar-refractivity contribution in [1.29, 1.82) is 0 Å². The normalized spacial score (nSPS) is 9.83. The standard InChI is InChI=1S/C9H10IOSi/c10-8-2-4-9(5-3-8)11-6-1-7-12/h2-5H,1,6-7H2. The van der Waals surface area contributed by atoms with Crippen molar-refractivity contribution in [1.82, 2.24) is 0 Å². The molecule has 12 heavy (non-hydrogen) atoms. The van der Waals surface area contributed by atoms with Crippen molar-refractivity contribution in [3.63, 3.8) is 0 Å². The van der Waals surface area contributed by atoms with E-state index in [1.165, 1.54) is 3.57 Å². The molecule has 3 heteroatoms. The number of hydrogen-bond donors (Lipinski definition) is 0. The lowest BCUT2D eigenvalue weighted by molar-refractivity contribution is 0.317. The molecule has 0 saturated heterocycles. The molecular weight excluding hydrogens is 279 g/mol. The predicted molar refractivity (Wildman–Crippen MR) is 59.8 cm³/mol. The summed E-state index contributed by atoms with van der Waals surface area (Å²) in [5, 5.41) is 0. The molecule has 0 aliphatic heterocycles. The highest BCUT2D eigenvalue weighted by Gasteiger charge is 1.91. The van der Waals surface area contributed by atoms with Crippen LogP contribution in [-0.4, -0.2) is 16.8 Å². The minimum atomic E-state index is 0.782. The van der Waals surface area contributed by atoms with E-state index in [-0.39, 0.29) is 0 Å². The van der Waals surface area contributed by atoms with Crippen molar-refractivity contribution >= 4 is 32.8 Å². The molecule has 0 aromatic heterocycles. The fraction of sp³-hybridized carbons (Fsp3) is 0.333. The largest absolute Gasteiger partial charge is 0.494 e. The van der Waals surface area contributed by atoms with E-state index in [9.17, 15) is 0 Å². The monoisotopic (exact) mass is 289 g/mol. The van der Waals surface area contributed by atoms with E-state index in [1.807, 2.05) is 24.3 Å². The second kappa shape index (κ2) is 5.58. The van der Waals surface area contributed by atoms with Gasteiger partial charge in [0.25, 0.3) is 0 Å². The average molecular weight is 289 g/mol. The van der Waals surface area contributed by atoms with E-state index >= 15 is 0 Å². The topological polar surface area (TPSA) is 9.23 Å². The van der Waals surface area contributed by atoms with Crippen LogP contribution in [0.5, 0.6) is 5.75 Å². The van der Waals surface area contributed by atoms with E-state index in [4.69, 9.17) is 4.74 Å². The highest BCUT2D eigenvalue weighted by molar-refractivity contribution is 14.1. The second-order valence-electron chi connectivity index (χ2n) is 2.41. The van der Waals surface area contributed by atoms with Gasteiger partial charge in [0.2, 0.25) is 0 Å². The smallest absolute Gasteiger partial charge is 0.119 e. The van der Waals surface area contributed by atoms with Crippen LogP contribution in [0.2, 0.25) is 6.04 Å². The van der Waals surface area contributed by atoms with Crippen molar-refractivity contribution in [2.75, 3.05) is 6.61 Å². The summed E-state index contributed by atoms with van der Waals surface area (Å²) < 4.78 is 6.70. The van der Waals surface area contributed by atoms with Gasteiger partial charge in [-0.3, -0.25) is 0 Å². The number of halogens is 1. The maximum atomic E-state index is 5.47. The Labute approximate surface area is 90.1 Å². The third-order valence-corrected chi connectivity index (χ3v) is 2.48. The highest BCUT2D eigenvalue weighted by Crippen LogP contribution is 2.13. The van der Waals surface area contributed by atoms with Gasteiger partial charge in [0.05, 0.1) is 6.61 Å². The quantitative estimate of drug-likeness (QED) is 0.470. The molecular formula is C9H10IOSi. The van der Waals surface area contributed by atoms with Crippen LogP contribution in [0.25, 0.3) is 0 Å². The molecule has 1 nitrogen and oxygen atoms in total. The van der Waals surface area contributed by atoms with Crippen molar-refractivity contribution < 1.29 is 4.74 Å². The fourth-order valence-electron chi connectivity index (χ4n) is 0.793. The lowest BCUT2D eigenvalue weighted by atomic mass is 10.3. The molecule has 0 aliphatic rings. The first-order valence-electron chi connectivity index (χ1n) is 3.86. The first-order chi connectivity index (χ1) is 5.83. The number of benzene rings is 1. The third-order valence-electron chi connectivity index (χ3n) is 1.40. The third kappa shape index (κ3) is 3.58. The minimum Gasteiger partial charge on any atom is -0.494 e. The molecule has 1 aromatic rings. The molecule has 0 spiro atoms. The summed E-state index contributed by atoms with van der Waals surface area (Å²) in [6, 6.07) is 9.07. The molecule has 0 bridgehead atoms. The summed E-state index contributed by atoms with van der Waals surface area (Å²) in [6.07, 6.45) is 1.04. The Morgan fingerprint density at radius 3 is 2.50 bits per heavy atom. The molecule has 63 valence electrons. The average Bonchev–Trinajstić information content (AvgIpc) is 2.09. The second-order valence-corrected chi connectivity index (χ2v) is 4.15. The Morgan fingerprint density at radius 2 is 1.92 bits per heavy atom. The summed E-state index contributed by atoms with van der Waals surface area (Å²) in [5.74, 6) is 0.954. The Hall–Kier alpha value is -0.0331. The summed E-state index contributed by atoms with van der Waals surface area (Å²) in [5.41, 5.74) is 0. The van der Waals surface area contributed by atoms with Crippen LogP contribution in [0.3, 0.4) is 0 Å². The van der Waals surface area contributed by atoms with E-state index in [0.717, 1.165) is 24.8 Å². The summed E-state index contributed by atoms with van der Waals surface area (Å²) in [4.78, 5) is 0. The molecule has 0 atom stereocenters. The van der Waals surface area contributed by atoms with Gasteiger partial charge in [0.15, 0.2) is 0 Å². The van der Waals surface area contributed by atoms with Crippen LogP contribution in [0, 0.1) is 3.57 Å². The zero-order chi connectivity index (χ0) is 8.81. The lowest BCUT2D eigenvalue weighted by Gasteiger charge is -2.04. The van der Waals surface area contributed by atoms with Crippen LogP contribution in [0.15, 0.2) is 24.3 Å². The van der Waals surface area contributed by atoms with Gasteiger partial charge in [-0.1, -0.05) is 6.04 Å². The van der Waals surface area contributed by atoms with E-state index in [1.54, 1.807) is 0 Å². The van der Waals surface area contributed by atoms with Crippen LogP contribution < -0.4 is 4.74 Å². The lowest BCUT2D eigenvalue weighted by Crippen LogP contribution is -1.96. The molecule has 1 aromatic carbocycles. The van der Waals surface area contributed by atoms with Crippen molar-refractivity contribution in [3.8, 4) is 5.75 Å². The molecule has 0 unspecified atom stereocenters.